The molecule has 0 fully saturated rings. The summed E-state index contributed by atoms with van der Waals surface area (Å²) in [6, 6.07) is 15.5. The summed E-state index contributed by atoms with van der Waals surface area (Å²) in [6.45, 7) is 10.3. The van der Waals surface area contributed by atoms with E-state index in [1.807, 2.05) is 49.4 Å². The van der Waals surface area contributed by atoms with Crippen LogP contribution < -0.4 is 10.1 Å². The Hall–Kier alpha value is -2.59. The van der Waals surface area contributed by atoms with Gasteiger partial charge in [0.25, 0.3) is 0 Å². The first-order valence-corrected chi connectivity index (χ1v) is 9.86. The average Bonchev–Trinajstić information content (AvgIpc) is 2.62. The van der Waals surface area contributed by atoms with E-state index >= 15 is 0 Å². The second kappa shape index (κ2) is 10.7. The highest BCUT2D eigenvalue weighted by Gasteiger charge is 2.09. The predicted octanol–water partition coefficient (Wildman–Crippen LogP) is 6.06. The van der Waals surface area contributed by atoms with Gasteiger partial charge in [0.05, 0.1) is 0 Å². The molecule has 2 rings (SSSR count). The molecule has 0 saturated carbocycles. The van der Waals surface area contributed by atoms with Crippen LogP contribution in [0.1, 0.15) is 44.7 Å². The molecule has 0 saturated heterocycles. The zero-order valence-electron chi connectivity index (χ0n) is 17.6. The van der Waals surface area contributed by atoms with Crippen molar-refractivity contribution in [2.75, 3.05) is 18.9 Å². The van der Waals surface area contributed by atoms with E-state index < -0.39 is 6.09 Å². The van der Waals surface area contributed by atoms with Crippen molar-refractivity contribution < 1.29 is 9.53 Å². The van der Waals surface area contributed by atoms with E-state index in [2.05, 4.69) is 50.2 Å². The molecule has 0 bridgehead atoms. The van der Waals surface area contributed by atoms with Crippen molar-refractivity contribution in [3.05, 3.63) is 71.8 Å². The van der Waals surface area contributed by atoms with E-state index in [0.29, 0.717) is 17.6 Å². The predicted molar refractivity (Wildman–Crippen MR) is 117 cm³/mol. The van der Waals surface area contributed by atoms with Crippen LogP contribution in [-0.2, 0) is 6.54 Å². The van der Waals surface area contributed by atoms with Gasteiger partial charge >= 0.3 is 6.09 Å². The Morgan fingerprint density at radius 2 is 1.86 bits per heavy atom. The van der Waals surface area contributed by atoms with E-state index in [9.17, 15) is 4.79 Å². The number of carbonyl (C=O) groups is 1. The Bertz CT molecular complexity index is 781. The molecule has 2 aromatic carbocycles. The topological polar surface area (TPSA) is 41.6 Å². The number of hydrogen-bond donors (Lipinski definition) is 1. The van der Waals surface area contributed by atoms with Crippen LogP contribution in [-0.4, -0.2) is 24.6 Å². The van der Waals surface area contributed by atoms with Gasteiger partial charge in [-0.15, -0.1) is 0 Å². The smallest absolute Gasteiger partial charge is 0.410 e. The summed E-state index contributed by atoms with van der Waals surface area (Å²) >= 11 is 0. The third kappa shape index (κ3) is 7.20. The second-order valence-electron chi connectivity index (χ2n) is 7.64. The number of hydrogen-bond acceptors (Lipinski definition) is 3. The zero-order chi connectivity index (χ0) is 20.5. The molecule has 0 radical (unpaired) electrons. The first-order valence-electron chi connectivity index (χ1n) is 9.86. The normalized spacial score (nSPS) is 12.5. The van der Waals surface area contributed by atoms with Crippen LogP contribution in [0, 0.1) is 5.92 Å². The van der Waals surface area contributed by atoms with Crippen LogP contribution in [0.15, 0.2) is 60.7 Å². The molecule has 1 amide bonds. The van der Waals surface area contributed by atoms with Gasteiger partial charge in [0.1, 0.15) is 5.75 Å². The SMILES string of the molecule is CC=CC(C)CN(C)Cc1cccc(OC(=O)Nc2ccc(C(C)C)cc2)c1. The molecule has 150 valence electrons. The molecule has 2 aromatic rings. The van der Waals surface area contributed by atoms with Crippen LogP contribution >= 0.6 is 0 Å². The largest absolute Gasteiger partial charge is 0.417 e. The number of rotatable bonds is 8. The first-order chi connectivity index (χ1) is 13.4. The standard InChI is InChI=1S/C24H32N2O2/c1-6-8-19(4)16-26(5)17-20-9-7-10-23(15-20)28-24(27)25-22-13-11-21(12-14-22)18(2)3/h6-15,18-19H,16-17H2,1-5H3,(H,25,27). The Morgan fingerprint density at radius 1 is 1.14 bits per heavy atom. The van der Waals surface area contributed by atoms with Crippen molar-refractivity contribution in [2.24, 2.45) is 5.92 Å². The van der Waals surface area contributed by atoms with E-state index in [1.165, 1.54) is 5.56 Å². The lowest BCUT2D eigenvalue weighted by Gasteiger charge is -2.19. The lowest BCUT2D eigenvalue weighted by atomic mass is 10.0. The summed E-state index contributed by atoms with van der Waals surface area (Å²) in [4.78, 5) is 14.5. The summed E-state index contributed by atoms with van der Waals surface area (Å²) in [5.41, 5.74) is 3.07. The van der Waals surface area contributed by atoms with Gasteiger partial charge in [-0.3, -0.25) is 5.32 Å². The molecule has 0 aliphatic rings. The van der Waals surface area contributed by atoms with Crippen molar-refractivity contribution >= 4 is 11.8 Å². The number of amides is 1. The fraction of sp³-hybridized carbons (Fsp3) is 0.375. The van der Waals surface area contributed by atoms with Gasteiger partial charge in [0.2, 0.25) is 0 Å². The van der Waals surface area contributed by atoms with E-state index in [1.54, 1.807) is 6.07 Å². The van der Waals surface area contributed by atoms with Crippen LogP contribution in [0.2, 0.25) is 0 Å². The minimum absolute atomic E-state index is 0.461. The quantitative estimate of drug-likeness (QED) is 0.566. The lowest BCUT2D eigenvalue weighted by molar-refractivity contribution is 0.215. The summed E-state index contributed by atoms with van der Waals surface area (Å²) in [5.74, 6) is 1.51. The summed E-state index contributed by atoms with van der Waals surface area (Å²) in [5, 5.41) is 2.78. The molecule has 0 spiro atoms. The second-order valence-corrected chi connectivity index (χ2v) is 7.64. The van der Waals surface area contributed by atoms with Gasteiger partial charge in [-0.2, -0.15) is 0 Å². The molecule has 4 nitrogen and oxygen atoms in total. The average molecular weight is 381 g/mol. The Balaban J connectivity index is 1.91. The number of ether oxygens (including phenoxy) is 1. The van der Waals surface area contributed by atoms with Crippen molar-refractivity contribution in [3.8, 4) is 5.75 Å². The van der Waals surface area contributed by atoms with Gasteiger partial charge in [-0.1, -0.05) is 57.2 Å². The Morgan fingerprint density at radius 3 is 2.50 bits per heavy atom. The highest BCUT2D eigenvalue weighted by atomic mass is 16.6. The third-order valence-corrected chi connectivity index (χ3v) is 4.51. The molecular weight excluding hydrogens is 348 g/mol. The van der Waals surface area contributed by atoms with Crippen LogP contribution in [0.25, 0.3) is 0 Å². The molecule has 28 heavy (non-hydrogen) atoms. The van der Waals surface area contributed by atoms with Crippen LogP contribution in [0.5, 0.6) is 5.75 Å². The number of carbonyl (C=O) groups excluding carboxylic acids is 1. The van der Waals surface area contributed by atoms with Crippen molar-refractivity contribution in [3.63, 3.8) is 0 Å². The monoisotopic (exact) mass is 380 g/mol. The van der Waals surface area contributed by atoms with E-state index in [-0.39, 0.29) is 0 Å². The number of nitrogens with zero attached hydrogens (tertiary/aromatic N) is 1. The van der Waals surface area contributed by atoms with Crippen molar-refractivity contribution in [1.82, 2.24) is 4.90 Å². The highest BCUT2D eigenvalue weighted by molar-refractivity contribution is 5.86. The van der Waals surface area contributed by atoms with E-state index in [0.717, 1.165) is 24.3 Å². The van der Waals surface area contributed by atoms with Crippen molar-refractivity contribution in [1.29, 1.82) is 0 Å². The maximum atomic E-state index is 12.2. The van der Waals surface area contributed by atoms with Crippen molar-refractivity contribution in [2.45, 2.75) is 40.2 Å². The minimum atomic E-state index is -0.482. The number of nitrogens with one attached hydrogen (secondary N) is 1. The maximum absolute atomic E-state index is 12.2. The fourth-order valence-corrected chi connectivity index (χ4v) is 3.17. The molecule has 0 aliphatic carbocycles. The molecule has 0 aromatic heterocycles. The fourth-order valence-electron chi connectivity index (χ4n) is 3.17. The number of anilines is 1. The van der Waals surface area contributed by atoms with Gasteiger partial charge in [-0.05, 0) is 61.2 Å². The van der Waals surface area contributed by atoms with Gasteiger partial charge in [-0.25, -0.2) is 4.79 Å². The summed E-state index contributed by atoms with van der Waals surface area (Å²) in [6.07, 6.45) is 3.81. The maximum Gasteiger partial charge on any atom is 0.417 e. The minimum Gasteiger partial charge on any atom is -0.410 e. The summed E-state index contributed by atoms with van der Waals surface area (Å²) < 4.78 is 5.46. The molecule has 1 N–H and O–H groups in total. The Labute approximate surface area is 169 Å². The molecule has 0 heterocycles. The van der Waals surface area contributed by atoms with Gasteiger partial charge in [0, 0.05) is 18.8 Å². The van der Waals surface area contributed by atoms with Crippen LogP contribution in [0.4, 0.5) is 10.5 Å². The first kappa shape index (κ1) is 21.7. The molecule has 1 atom stereocenters. The lowest BCUT2D eigenvalue weighted by Crippen LogP contribution is -2.23. The molecule has 1 unspecified atom stereocenters. The zero-order valence-corrected chi connectivity index (χ0v) is 17.6. The molecule has 0 aliphatic heterocycles. The highest BCUT2D eigenvalue weighted by Crippen LogP contribution is 2.19. The van der Waals surface area contributed by atoms with Gasteiger partial charge in [0.15, 0.2) is 0 Å². The van der Waals surface area contributed by atoms with E-state index in [4.69, 9.17) is 4.74 Å². The Kier molecular flexibility index (Phi) is 8.27. The number of benzene rings is 2. The van der Waals surface area contributed by atoms with Gasteiger partial charge < -0.3 is 9.64 Å². The third-order valence-electron chi connectivity index (χ3n) is 4.51. The van der Waals surface area contributed by atoms with Crippen LogP contribution in [0.3, 0.4) is 0 Å². The molecule has 4 heteroatoms. The molecular formula is C24H32N2O2. The number of allylic oxidation sites excluding steroid dienone is 1. The summed E-state index contributed by atoms with van der Waals surface area (Å²) in [7, 11) is 2.10.